The average molecular weight is 343 g/mol. The normalized spacial score (nSPS) is 33.2. The third-order valence-corrected chi connectivity index (χ3v) is 7.00. The molecule has 0 aromatic heterocycles. The summed E-state index contributed by atoms with van der Waals surface area (Å²) in [5.41, 5.74) is 3.93. The molecule has 2 aromatic rings. The lowest BCUT2D eigenvalue weighted by molar-refractivity contribution is -0.140. The highest BCUT2D eigenvalue weighted by Crippen LogP contribution is 2.56. The van der Waals surface area contributed by atoms with Crippen molar-refractivity contribution in [2.45, 2.75) is 30.7 Å². The number of carboxylic acid groups (broad SMARTS) is 1. The predicted octanol–water partition coefficient (Wildman–Crippen LogP) is 4.45. The number of aliphatic carboxylic acids is 1. The third-order valence-electron chi connectivity index (χ3n) is 7.00. The number of allylic oxidation sites excluding steroid dienone is 4. The Morgan fingerprint density at radius 1 is 1.08 bits per heavy atom. The first-order chi connectivity index (χ1) is 12.7. The minimum absolute atomic E-state index is 0.143. The van der Waals surface area contributed by atoms with E-state index in [4.69, 9.17) is 0 Å². The number of hydrogen-bond acceptors (Lipinski definition) is 2. The number of nitrogens with zero attached hydrogens (tertiary/aromatic N) is 1. The van der Waals surface area contributed by atoms with Crippen LogP contribution in [0.1, 0.15) is 35.8 Å². The first kappa shape index (κ1) is 14.6. The van der Waals surface area contributed by atoms with Gasteiger partial charge in [0, 0.05) is 30.0 Å². The van der Waals surface area contributed by atoms with Crippen LogP contribution in [-0.4, -0.2) is 23.7 Å². The summed E-state index contributed by atoms with van der Waals surface area (Å²) in [7, 11) is 0. The van der Waals surface area contributed by atoms with Crippen LogP contribution in [0.15, 0.2) is 54.6 Å². The quantitative estimate of drug-likeness (QED) is 0.778. The lowest BCUT2D eigenvalue weighted by Crippen LogP contribution is -2.54. The molecule has 2 aromatic carbocycles. The molecule has 0 fully saturated rings. The number of rotatable bonds is 1. The molecular weight excluding hydrogens is 322 g/mol. The van der Waals surface area contributed by atoms with Gasteiger partial charge in [0.1, 0.15) is 6.04 Å². The number of carbonyl (C=O) groups is 1. The van der Waals surface area contributed by atoms with Crippen molar-refractivity contribution >= 4 is 22.4 Å². The van der Waals surface area contributed by atoms with E-state index in [0.717, 1.165) is 19.4 Å². The van der Waals surface area contributed by atoms with Crippen molar-refractivity contribution in [3.8, 4) is 0 Å². The Labute approximate surface area is 152 Å². The molecule has 1 N–H and O–H groups in total. The third kappa shape index (κ3) is 1.71. The standard InChI is InChI=1S/C23H21NO2/c25-23(26)22-18-10-4-9-17(18)20-16-7-2-1-5-13(16)11-19-15-8-3-6-14(15)12-24(22)21(19)20/h1-5,7-9,11,14-15,17-18,22H,6,10,12H2,(H,25,26)/t14-,15+,17-,18-,22-/m1/s1. The summed E-state index contributed by atoms with van der Waals surface area (Å²) in [6.07, 6.45) is 11.0. The summed E-state index contributed by atoms with van der Waals surface area (Å²) in [5.74, 6) is 0.627. The van der Waals surface area contributed by atoms with Crippen LogP contribution in [0.4, 0.5) is 5.69 Å². The van der Waals surface area contributed by atoms with Crippen molar-refractivity contribution in [1.29, 1.82) is 0 Å². The highest BCUT2D eigenvalue weighted by Gasteiger charge is 2.50. The number of carboxylic acids is 1. The van der Waals surface area contributed by atoms with Crippen molar-refractivity contribution < 1.29 is 9.90 Å². The van der Waals surface area contributed by atoms with Crippen molar-refractivity contribution in [3.63, 3.8) is 0 Å². The van der Waals surface area contributed by atoms with E-state index < -0.39 is 12.0 Å². The van der Waals surface area contributed by atoms with E-state index in [2.05, 4.69) is 59.5 Å². The highest BCUT2D eigenvalue weighted by molar-refractivity contribution is 5.96. The molecule has 0 amide bonds. The molecule has 4 aliphatic rings. The Kier molecular flexibility index (Phi) is 2.81. The highest BCUT2D eigenvalue weighted by atomic mass is 16.4. The van der Waals surface area contributed by atoms with Crippen LogP contribution in [0.3, 0.4) is 0 Å². The molecule has 0 saturated carbocycles. The van der Waals surface area contributed by atoms with Crippen molar-refractivity contribution in [2.75, 3.05) is 11.4 Å². The van der Waals surface area contributed by atoms with Gasteiger partial charge < -0.3 is 10.0 Å². The molecule has 3 nitrogen and oxygen atoms in total. The van der Waals surface area contributed by atoms with Gasteiger partial charge in [-0.3, -0.25) is 0 Å². The second kappa shape index (κ2) is 5.00. The molecule has 2 aliphatic heterocycles. The summed E-state index contributed by atoms with van der Waals surface area (Å²) in [6, 6.07) is 10.5. The van der Waals surface area contributed by atoms with Gasteiger partial charge in [0.2, 0.25) is 0 Å². The fourth-order valence-corrected chi connectivity index (χ4v) is 6.00. The Balaban J connectivity index is 1.72. The lowest BCUT2D eigenvalue weighted by Gasteiger charge is -2.49. The molecule has 0 unspecified atom stereocenters. The van der Waals surface area contributed by atoms with Gasteiger partial charge in [-0.25, -0.2) is 4.79 Å². The van der Waals surface area contributed by atoms with Crippen LogP contribution in [0, 0.1) is 11.8 Å². The SMILES string of the molecule is O=C(O)[C@H]1[C@@H]2CC=C[C@H]2c2c3c(cc4ccccc24)[C@H]2C=CC[C@@H]2CN31. The molecule has 0 radical (unpaired) electrons. The maximum atomic E-state index is 12.3. The van der Waals surface area contributed by atoms with Crippen LogP contribution in [0.2, 0.25) is 0 Å². The second-order valence-corrected chi connectivity index (χ2v) is 8.19. The molecule has 6 rings (SSSR count). The van der Waals surface area contributed by atoms with Crippen LogP contribution < -0.4 is 4.90 Å². The van der Waals surface area contributed by atoms with E-state index in [0.29, 0.717) is 11.8 Å². The molecule has 0 spiro atoms. The molecule has 3 heteroatoms. The second-order valence-electron chi connectivity index (χ2n) is 8.19. The fraction of sp³-hybridized carbons (Fsp3) is 0.348. The van der Waals surface area contributed by atoms with Gasteiger partial charge in [0.25, 0.3) is 0 Å². The maximum absolute atomic E-state index is 12.3. The zero-order valence-corrected chi connectivity index (χ0v) is 14.5. The van der Waals surface area contributed by atoms with Gasteiger partial charge in [0.15, 0.2) is 0 Å². The smallest absolute Gasteiger partial charge is 0.326 e. The lowest BCUT2D eigenvalue weighted by atomic mass is 9.70. The summed E-state index contributed by atoms with van der Waals surface area (Å²) in [6.45, 7) is 0.857. The number of benzene rings is 2. The van der Waals surface area contributed by atoms with Crippen molar-refractivity contribution in [2.24, 2.45) is 11.8 Å². The first-order valence-electron chi connectivity index (χ1n) is 9.62. The van der Waals surface area contributed by atoms with Gasteiger partial charge in [-0.05, 0) is 46.7 Å². The first-order valence-corrected chi connectivity index (χ1v) is 9.62. The van der Waals surface area contributed by atoms with Gasteiger partial charge in [0.05, 0.1) is 0 Å². The van der Waals surface area contributed by atoms with E-state index in [1.807, 2.05) is 0 Å². The van der Waals surface area contributed by atoms with Crippen molar-refractivity contribution in [1.82, 2.24) is 0 Å². The van der Waals surface area contributed by atoms with Crippen molar-refractivity contribution in [3.05, 3.63) is 65.8 Å². The number of anilines is 1. The van der Waals surface area contributed by atoms with Crippen LogP contribution in [0.5, 0.6) is 0 Å². The Morgan fingerprint density at radius 2 is 1.88 bits per heavy atom. The summed E-state index contributed by atoms with van der Waals surface area (Å²) >= 11 is 0. The largest absolute Gasteiger partial charge is 0.480 e. The maximum Gasteiger partial charge on any atom is 0.326 e. The molecule has 5 atom stereocenters. The average Bonchev–Trinajstić information content (AvgIpc) is 3.30. The van der Waals surface area contributed by atoms with Crippen LogP contribution in [-0.2, 0) is 4.79 Å². The monoisotopic (exact) mass is 343 g/mol. The van der Waals surface area contributed by atoms with Gasteiger partial charge in [-0.1, -0.05) is 48.6 Å². The Hall–Kier alpha value is -2.55. The molecule has 0 bridgehead atoms. The predicted molar refractivity (Wildman–Crippen MR) is 103 cm³/mol. The Morgan fingerprint density at radius 3 is 2.77 bits per heavy atom. The van der Waals surface area contributed by atoms with E-state index >= 15 is 0 Å². The van der Waals surface area contributed by atoms with E-state index in [1.165, 1.54) is 27.6 Å². The van der Waals surface area contributed by atoms with Gasteiger partial charge in [-0.2, -0.15) is 0 Å². The summed E-state index contributed by atoms with van der Waals surface area (Å²) in [4.78, 5) is 14.5. The summed E-state index contributed by atoms with van der Waals surface area (Å²) < 4.78 is 0. The van der Waals surface area contributed by atoms with E-state index in [9.17, 15) is 9.90 Å². The number of fused-ring (bicyclic) bond motifs is 6. The zero-order chi connectivity index (χ0) is 17.4. The molecule has 0 saturated heterocycles. The zero-order valence-electron chi connectivity index (χ0n) is 14.5. The minimum Gasteiger partial charge on any atom is -0.480 e. The molecule has 26 heavy (non-hydrogen) atoms. The fourth-order valence-electron chi connectivity index (χ4n) is 6.00. The Bertz CT molecular complexity index is 1000. The van der Waals surface area contributed by atoms with Gasteiger partial charge >= 0.3 is 5.97 Å². The molecular formula is C23H21NO2. The number of hydrogen-bond donors (Lipinski definition) is 1. The molecule has 130 valence electrons. The van der Waals surface area contributed by atoms with Gasteiger partial charge in [-0.15, -0.1) is 0 Å². The van der Waals surface area contributed by atoms with E-state index in [-0.39, 0.29) is 11.8 Å². The van der Waals surface area contributed by atoms with Crippen LogP contribution >= 0.6 is 0 Å². The molecule has 2 heterocycles. The topological polar surface area (TPSA) is 40.5 Å². The van der Waals surface area contributed by atoms with E-state index in [1.54, 1.807) is 0 Å². The van der Waals surface area contributed by atoms with Crippen LogP contribution in [0.25, 0.3) is 10.8 Å². The minimum atomic E-state index is -0.669. The molecule has 2 aliphatic carbocycles. The summed E-state index contributed by atoms with van der Waals surface area (Å²) in [5, 5.41) is 12.7.